The summed E-state index contributed by atoms with van der Waals surface area (Å²) < 4.78 is 19.2. The van der Waals surface area contributed by atoms with Crippen molar-refractivity contribution in [2.45, 2.75) is 38.3 Å². The summed E-state index contributed by atoms with van der Waals surface area (Å²) in [6.07, 6.45) is 4.20. The maximum Gasteiger partial charge on any atom is 0.169 e. The number of halogens is 1. The minimum absolute atomic E-state index is 0.196. The molecule has 4 heteroatoms. The van der Waals surface area contributed by atoms with Gasteiger partial charge in [0.2, 0.25) is 0 Å². The molecule has 1 N–H and O–H groups in total. The summed E-state index contributed by atoms with van der Waals surface area (Å²) in [7, 11) is 1.48. The maximum absolute atomic E-state index is 14.1. The Bertz CT molecular complexity index is 409. The zero-order valence-corrected chi connectivity index (χ0v) is 11.4. The summed E-state index contributed by atoms with van der Waals surface area (Å²) >= 11 is 0. The molecular weight excluding hydrogens is 245 g/mol. The molecule has 3 nitrogen and oxygen atoms in total. The van der Waals surface area contributed by atoms with Crippen molar-refractivity contribution in [3.8, 4) is 5.75 Å². The van der Waals surface area contributed by atoms with Crippen LogP contribution in [0.25, 0.3) is 0 Å². The molecule has 1 saturated heterocycles. The van der Waals surface area contributed by atoms with Gasteiger partial charge >= 0.3 is 0 Å². The fourth-order valence-electron chi connectivity index (χ4n) is 2.80. The Hall–Kier alpha value is -1.13. The summed E-state index contributed by atoms with van der Waals surface area (Å²) in [5.41, 5.74) is 0.671. The number of hydrogen-bond donors (Lipinski definition) is 1. The van der Waals surface area contributed by atoms with Crippen LogP contribution < -0.4 is 4.74 Å². The van der Waals surface area contributed by atoms with Crippen LogP contribution in [0.4, 0.5) is 4.39 Å². The number of hydrogen-bond acceptors (Lipinski definition) is 3. The lowest BCUT2D eigenvalue weighted by atomic mass is 9.98. The molecule has 0 saturated carbocycles. The summed E-state index contributed by atoms with van der Waals surface area (Å²) in [5.74, 6) is 0.0338. The lowest BCUT2D eigenvalue weighted by Gasteiger charge is -2.35. The van der Waals surface area contributed by atoms with Gasteiger partial charge in [0.1, 0.15) is 0 Å². The molecule has 19 heavy (non-hydrogen) atoms. The molecule has 1 heterocycles. The van der Waals surface area contributed by atoms with Gasteiger partial charge in [0, 0.05) is 24.8 Å². The molecule has 2 rings (SSSR count). The minimum Gasteiger partial charge on any atom is -0.494 e. The average molecular weight is 267 g/mol. The molecular formula is C15H22FNO2. The van der Waals surface area contributed by atoms with Gasteiger partial charge in [-0.1, -0.05) is 18.6 Å². The molecule has 1 atom stereocenters. The zero-order chi connectivity index (χ0) is 13.7. The van der Waals surface area contributed by atoms with Crippen molar-refractivity contribution in [2.24, 2.45) is 0 Å². The number of ether oxygens (including phenoxy) is 1. The predicted molar refractivity (Wildman–Crippen MR) is 72.7 cm³/mol. The lowest BCUT2D eigenvalue weighted by Crippen LogP contribution is -2.39. The van der Waals surface area contributed by atoms with Crippen molar-refractivity contribution in [1.29, 1.82) is 0 Å². The number of benzene rings is 1. The normalized spacial score (nSPS) is 20.5. The first kappa shape index (κ1) is 14.3. The molecule has 0 bridgehead atoms. The molecule has 1 aromatic rings. The molecule has 106 valence electrons. The van der Waals surface area contributed by atoms with E-state index < -0.39 is 0 Å². The molecule has 0 amide bonds. The van der Waals surface area contributed by atoms with Crippen molar-refractivity contribution in [3.63, 3.8) is 0 Å². The first-order valence-corrected chi connectivity index (χ1v) is 6.92. The summed E-state index contributed by atoms with van der Waals surface area (Å²) in [6, 6.07) is 5.63. The fraction of sp³-hybridized carbons (Fsp3) is 0.600. The Morgan fingerprint density at radius 2 is 2.26 bits per heavy atom. The second-order valence-corrected chi connectivity index (χ2v) is 5.07. The van der Waals surface area contributed by atoms with Crippen molar-refractivity contribution in [1.82, 2.24) is 4.90 Å². The molecule has 0 aliphatic carbocycles. The highest BCUT2D eigenvalue weighted by Crippen LogP contribution is 2.25. The summed E-state index contributed by atoms with van der Waals surface area (Å²) in [6.45, 7) is 1.76. The van der Waals surface area contributed by atoms with Crippen LogP contribution >= 0.6 is 0 Å². The van der Waals surface area contributed by atoms with Crippen LogP contribution in [0.2, 0.25) is 0 Å². The van der Waals surface area contributed by atoms with Crippen LogP contribution in [0.3, 0.4) is 0 Å². The average Bonchev–Trinajstić information content (AvgIpc) is 2.43. The summed E-state index contributed by atoms with van der Waals surface area (Å²) in [5, 5.41) is 9.12. The fourth-order valence-corrected chi connectivity index (χ4v) is 2.80. The molecule has 1 aliphatic heterocycles. The molecule has 1 aliphatic rings. The van der Waals surface area contributed by atoms with Gasteiger partial charge in [-0.2, -0.15) is 0 Å². The van der Waals surface area contributed by atoms with Gasteiger partial charge in [0.15, 0.2) is 11.6 Å². The van der Waals surface area contributed by atoms with E-state index in [1.807, 2.05) is 12.1 Å². The third-order valence-corrected chi connectivity index (χ3v) is 3.85. The molecule has 1 unspecified atom stereocenters. The summed E-state index contributed by atoms with van der Waals surface area (Å²) in [4.78, 5) is 2.28. The van der Waals surface area contributed by atoms with Gasteiger partial charge in [0.05, 0.1) is 7.11 Å². The van der Waals surface area contributed by atoms with E-state index in [9.17, 15) is 4.39 Å². The van der Waals surface area contributed by atoms with Crippen LogP contribution in [0.5, 0.6) is 5.75 Å². The molecule has 0 spiro atoms. The molecule has 0 radical (unpaired) electrons. The van der Waals surface area contributed by atoms with E-state index in [2.05, 4.69) is 4.90 Å². The number of rotatable bonds is 5. The Balaban J connectivity index is 2.10. The first-order valence-electron chi connectivity index (χ1n) is 6.92. The van der Waals surface area contributed by atoms with E-state index in [1.165, 1.54) is 13.5 Å². The van der Waals surface area contributed by atoms with E-state index in [1.54, 1.807) is 6.07 Å². The highest BCUT2D eigenvalue weighted by atomic mass is 19.1. The van der Waals surface area contributed by atoms with Gasteiger partial charge in [-0.3, -0.25) is 4.90 Å². The van der Waals surface area contributed by atoms with Crippen LogP contribution in [-0.2, 0) is 6.54 Å². The second-order valence-electron chi connectivity index (χ2n) is 5.07. The van der Waals surface area contributed by atoms with Gasteiger partial charge < -0.3 is 9.84 Å². The Kier molecular flexibility index (Phi) is 5.16. The largest absolute Gasteiger partial charge is 0.494 e. The van der Waals surface area contributed by atoms with E-state index in [0.717, 1.165) is 25.8 Å². The Morgan fingerprint density at radius 1 is 1.42 bits per heavy atom. The van der Waals surface area contributed by atoms with Crippen molar-refractivity contribution in [2.75, 3.05) is 20.3 Å². The highest BCUT2D eigenvalue weighted by molar-refractivity contribution is 5.31. The van der Waals surface area contributed by atoms with Gasteiger partial charge in [-0.05, 0) is 31.9 Å². The molecule has 1 aromatic carbocycles. The number of methoxy groups -OCH3 is 1. The number of likely N-dealkylation sites (tertiary alicyclic amines) is 1. The van der Waals surface area contributed by atoms with Gasteiger partial charge in [-0.25, -0.2) is 4.39 Å². The Morgan fingerprint density at radius 3 is 3.00 bits per heavy atom. The van der Waals surface area contributed by atoms with E-state index in [0.29, 0.717) is 23.9 Å². The van der Waals surface area contributed by atoms with Crippen LogP contribution in [0.15, 0.2) is 18.2 Å². The number of aliphatic hydroxyl groups excluding tert-OH is 1. The SMILES string of the molecule is COc1cccc(CN2CCCCC2CCO)c1F. The zero-order valence-electron chi connectivity index (χ0n) is 11.4. The van der Waals surface area contributed by atoms with Crippen LogP contribution in [0.1, 0.15) is 31.2 Å². The maximum atomic E-state index is 14.1. The Labute approximate surface area is 114 Å². The van der Waals surface area contributed by atoms with E-state index in [4.69, 9.17) is 9.84 Å². The quantitative estimate of drug-likeness (QED) is 0.890. The smallest absolute Gasteiger partial charge is 0.169 e. The number of nitrogens with zero attached hydrogens (tertiary/aromatic N) is 1. The van der Waals surface area contributed by atoms with Crippen LogP contribution in [-0.4, -0.2) is 36.3 Å². The standard InChI is InChI=1S/C15H22FNO2/c1-19-14-7-4-5-12(15(14)16)11-17-9-3-2-6-13(17)8-10-18/h4-5,7,13,18H,2-3,6,8-11H2,1H3. The molecule has 1 fully saturated rings. The topological polar surface area (TPSA) is 32.7 Å². The first-order chi connectivity index (χ1) is 9.26. The number of aliphatic hydroxyl groups is 1. The highest BCUT2D eigenvalue weighted by Gasteiger charge is 2.23. The monoisotopic (exact) mass is 267 g/mol. The van der Waals surface area contributed by atoms with E-state index in [-0.39, 0.29) is 12.4 Å². The van der Waals surface area contributed by atoms with Gasteiger partial charge in [-0.15, -0.1) is 0 Å². The van der Waals surface area contributed by atoms with Crippen molar-refractivity contribution in [3.05, 3.63) is 29.6 Å². The predicted octanol–water partition coefficient (Wildman–Crippen LogP) is 2.57. The minimum atomic E-state index is -0.265. The third kappa shape index (κ3) is 3.45. The lowest BCUT2D eigenvalue weighted by molar-refractivity contribution is 0.111. The number of piperidine rings is 1. The van der Waals surface area contributed by atoms with Crippen LogP contribution in [0, 0.1) is 5.82 Å². The van der Waals surface area contributed by atoms with Crippen molar-refractivity contribution >= 4 is 0 Å². The third-order valence-electron chi connectivity index (χ3n) is 3.85. The van der Waals surface area contributed by atoms with E-state index >= 15 is 0 Å². The van der Waals surface area contributed by atoms with Gasteiger partial charge in [0.25, 0.3) is 0 Å². The second kappa shape index (κ2) is 6.87. The molecule has 0 aromatic heterocycles. The van der Waals surface area contributed by atoms with Crippen molar-refractivity contribution < 1.29 is 14.2 Å².